The Morgan fingerprint density at radius 2 is 2.12 bits per heavy atom. The topological polar surface area (TPSA) is 62.5 Å². The zero-order valence-corrected chi connectivity index (χ0v) is 16.0. The molecule has 1 aromatic carbocycles. The first-order chi connectivity index (χ1) is 11.9. The number of aliphatic imine (C=N–C) groups is 1. The summed E-state index contributed by atoms with van der Waals surface area (Å²) >= 11 is 13.5. The molecule has 1 N–H and O–H groups in total. The quantitative estimate of drug-likeness (QED) is 0.409. The molecule has 7 heteroatoms. The van der Waals surface area contributed by atoms with E-state index in [4.69, 9.17) is 28.3 Å². The molecule has 0 amide bonds. The third-order valence-electron chi connectivity index (χ3n) is 3.26. The van der Waals surface area contributed by atoms with Crippen LogP contribution < -0.4 is 0 Å². The Kier molecular flexibility index (Phi) is 6.93. The fourth-order valence-electron chi connectivity index (χ4n) is 2.04. The van der Waals surface area contributed by atoms with Crippen LogP contribution >= 0.6 is 34.5 Å². The van der Waals surface area contributed by atoms with Crippen molar-refractivity contribution in [1.82, 2.24) is 4.98 Å². The molecule has 0 atom stereocenters. The summed E-state index contributed by atoms with van der Waals surface area (Å²) in [5, 5.41) is 13.0. The number of hydrogen-bond acceptors (Lipinski definition) is 4. The summed E-state index contributed by atoms with van der Waals surface area (Å²) in [6, 6.07) is 5.41. The molecule has 4 nitrogen and oxygen atoms in total. The smallest absolute Gasteiger partial charge is 0.337 e. The van der Waals surface area contributed by atoms with Gasteiger partial charge < -0.3 is 5.11 Å². The number of benzene rings is 1. The summed E-state index contributed by atoms with van der Waals surface area (Å²) in [6.07, 6.45) is 5.46. The van der Waals surface area contributed by atoms with Crippen LogP contribution in [-0.2, 0) is 11.2 Å². The molecular formula is C18H16Cl2N2O2S. The van der Waals surface area contributed by atoms with E-state index >= 15 is 0 Å². The molecule has 2 rings (SSSR count). The third-order valence-corrected chi connectivity index (χ3v) is 4.87. The number of carbonyl (C=O) groups is 1. The maximum atomic E-state index is 11.1. The van der Waals surface area contributed by atoms with Crippen LogP contribution in [0, 0.1) is 0 Å². The molecule has 0 saturated heterocycles. The molecule has 0 aliphatic heterocycles. The summed E-state index contributed by atoms with van der Waals surface area (Å²) in [5.41, 5.74) is 2.73. The summed E-state index contributed by atoms with van der Waals surface area (Å²) in [4.78, 5) is 19.4. The van der Waals surface area contributed by atoms with E-state index < -0.39 is 5.97 Å². The van der Waals surface area contributed by atoms with Gasteiger partial charge >= 0.3 is 5.97 Å². The molecule has 1 heterocycles. The van der Waals surface area contributed by atoms with E-state index in [0.717, 1.165) is 21.8 Å². The molecule has 0 spiro atoms. The minimum absolute atomic E-state index is 0.145. The summed E-state index contributed by atoms with van der Waals surface area (Å²) in [6.45, 7) is 1.85. The molecule has 0 aliphatic carbocycles. The van der Waals surface area contributed by atoms with Crippen LogP contribution in [0.4, 0.5) is 0 Å². The first-order valence-corrected chi connectivity index (χ1v) is 8.98. The lowest BCUT2D eigenvalue weighted by atomic mass is 10.1. The van der Waals surface area contributed by atoms with E-state index in [-0.39, 0.29) is 5.57 Å². The predicted molar refractivity (Wildman–Crippen MR) is 105 cm³/mol. The molecule has 0 bridgehead atoms. The van der Waals surface area contributed by atoms with E-state index in [2.05, 4.69) is 9.98 Å². The number of aromatic nitrogens is 1. The van der Waals surface area contributed by atoms with E-state index in [9.17, 15) is 4.79 Å². The van der Waals surface area contributed by atoms with Crippen LogP contribution in [0.15, 0.2) is 51.9 Å². The number of aliphatic carboxylic acids is 1. The Morgan fingerprint density at radius 1 is 1.36 bits per heavy atom. The highest BCUT2D eigenvalue weighted by molar-refractivity contribution is 7.10. The van der Waals surface area contributed by atoms with Crippen molar-refractivity contribution in [3.8, 4) is 11.3 Å². The Morgan fingerprint density at radius 3 is 2.76 bits per heavy atom. The summed E-state index contributed by atoms with van der Waals surface area (Å²) < 4.78 is 0. The van der Waals surface area contributed by atoms with Gasteiger partial charge in [0.25, 0.3) is 0 Å². The predicted octanol–water partition coefficient (Wildman–Crippen LogP) is 5.32. The van der Waals surface area contributed by atoms with Gasteiger partial charge in [-0.15, -0.1) is 11.3 Å². The van der Waals surface area contributed by atoms with Gasteiger partial charge in [0, 0.05) is 30.6 Å². The molecule has 0 fully saturated rings. The fourth-order valence-corrected chi connectivity index (χ4v) is 3.10. The number of carboxylic acid groups (broad SMARTS) is 1. The van der Waals surface area contributed by atoms with Crippen molar-refractivity contribution in [2.45, 2.75) is 13.3 Å². The molecule has 0 radical (unpaired) electrons. The van der Waals surface area contributed by atoms with Crippen LogP contribution in [0.1, 0.15) is 11.9 Å². The maximum Gasteiger partial charge on any atom is 0.337 e. The second-order valence-corrected chi connectivity index (χ2v) is 6.96. The molecule has 25 heavy (non-hydrogen) atoms. The zero-order chi connectivity index (χ0) is 18.4. The first-order valence-electron chi connectivity index (χ1n) is 7.34. The minimum atomic E-state index is -1.01. The minimum Gasteiger partial charge on any atom is -0.478 e. The van der Waals surface area contributed by atoms with Gasteiger partial charge in [-0.2, -0.15) is 0 Å². The van der Waals surface area contributed by atoms with Crippen molar-refractivity contribution in [2.24, 2.45) is 4.99 Å². The van der Waals surface area contributed by atoms with Crippen LogP contribution in [0.2, 0.25) is 10.0 Å². The molecule has 0 unspecified atom stereocenters. The van der Waals surface area contributed by atoms with E-state index in [1.54, 1.807) is 18.2 Å². The number of thiazole rings is 1. The fraction of sp³-hybridized carbons (Fsp3) is 0.167. The molecule has 0 aliphatic rings. The van der Waals surface area contributed by atoms with Gasteiger partial charge in [0.05, 0.1) is 26.3 Å². The molecule has 1 aromatic heterocycles. The number of halogens is 2. The highest BCUT2D eigenvalue weighted by Crippen LogP contribution is 2.29. The van der Waals surface area contributed by atoms with Gasteiger partial charge in [0.2, 0.25) is 0 Å². The zero-order valence-electron chi connectivity index (χ0n) is 13.7. The summed E-state index contributed by atoms with van der Waals surface area (Å²) in [7, 11) is 1.54. The van der Waals surface area contributed by atoms with Gasteiger partial charge in [-0.3, -0.25) is 4.99 Å². The number of allylic oxidation sites excluding steroid dienone is 3. The molecule has 130 valence electrons. The lowest BCUT2D eigenvalue weighted by Gasteiger charge is -1.99. The van der Waals surface area contributed by atoms with Gasteiger partial charge in [-0.25, -0.2) is 9.78 Å². The lowest BCUT2D eigenvalue weighted by molar-refractivity contribution is -0.132. The van der Waals surface area contributed by atoms with Crippen molar-refractivity contribution in [3.05, 3.63) is 61.9 Å². The van der Waals surface area contributed by atoms with Crippen molar-refractivity contribution >= 4 is 46.7 Å². The van der Waals surface area contributed by atoms with E-state index in [1.165, 1.54) is 24.6 Å². The number of rotatable bonds is 6. The molecule has 2 aromatic rings. The number of nitrogens with zero attached hydrogens (tertiary/aromatic N) is 2. The SMILES string of the molecule is CN=C/C(=C\C(C)=C/Cc1nc(-c2ccc(Cl)c(Cl)c2)cs1)C(=O)O. The van der Waals surface area contributed by atoms with Crippen molar-refractivity contribution < 1.29 is 9.90 Å². The second-order valence-electron chi connectivity index (χ2n) is 5.20. The standard InChI is InChI=1S/C18H16Cl2N2O2S/c1-11(7-13(9-21-2)18(23)24)3-6-17-22-16(10-25-17)12-4-5-14(19)15(20)8-12/h3-5,7-10H,6H2,1-2H3,(H,23,24)/b11-3-,13-7+,21-9?. The van der Waals surface area contributed by atoms with Gasteiger partial charge in [-0.1, -0.05) is 40.9 Å². The van der Waals surface area contributed by atoms with E-state index in [1.807, 2.05) is 24.4 Å². The van der Waals surface area contributed by atoms with Gasteiger partial charge in [0.15, 0.2) is 0 Å². The van der Waals surface area contributed by atoms with Crippen LogP contribution in [-0.4, -0.2) is 29.3 Å². The monoisotopic (exact) mass is 394 g/mol. The van der Waals surface area contributed by atoms with Crippen molar-refractivity contribution in [1.29, 1.82) is 0 Å². The first kappa shape index (κ1) is 19.4. The van der Waals surface area contributed by atoms with Crippen molar-refractivity contribution in [3.63, 3.8) is 0 Å². The Balaban J connectivity index is 2.14. The molecular weight excluding hydrogens is 379 g/mol. The normalized spacial score (nSPS) is 12.8. The second kappa shape index (κ2) is 8.94. The van der Waals surface area contributed by atoms with Gasteiger partial charge in [0.1, 0.15) is 0 Å². The number of hydrogen-bond donors (Lipinski definition) is 1. The van der Waals surface area contributed by atoms with Crippen LogP contribution in [0.5, 0.6) is 0 Å². The number of carboxylic acids is 1. The van der Waals surface area contributed by atoms with Crippen LogP contribution in [0.3, 0.4) is 0 Å². The van der Waals surface area contributed by atoms with E-state index in [0.29, 0.717) is 16.5 Å². The van der Waals surface area contributed by atoms with Crippen LogP contribution in [0.25, 0.3) is 11.3 Å². The highest BCUT2D eigenvalue weighted by atomic mass is 35.5. The maximum absolute atomic E-state index is 11.1. The largest absolute Gasteiger partial charge is 0.478 e. The summed E-state index contributed by atoms with van der Waals surface area (Å²) in [5.74, 6) is -1.01. The lowest BCUT2D eigenvalue weighted by Crippen LogP contribution is -2.01. The van der Waals surface area contributed by atoms with Gasteiger partial charge in [-0.05, 0) is 25.1 Å². The highest BCUT2D eigenvalue weighted by Gasteiger charge is 2.07. The Labute approximate surface area is 160 Å². The molecule has 0 saturated carbocycles. The average Bonchev–Trinajstić information content (AvgIpc) is 3.04. The Bertz CT molecular complexity index is 870. The average molecular weight is 395 g/mol. The van der Waals surface area contributed by atoms with Crippen molar-refractivity contribution in [2.75, 3.05) is 7.05 Å². The third kappa shape index (κ3) is 5.53. The Hall–Kier alpha value is -1.95.